The summed E-state index contributed by atoms with van der Waals surface area (Å²) in [6.07, 6.45) is 8.15. The van der Waals surface area contributed by atoms with Gasteiger partial charge < -0.3 is 10.4 Å². The van der Waals surface area contributed by atoms with Crippen LogP contribution in [0.15, 0.2) is 61.3 Å². The number of carboxylic acid groups (broad SMARTS) is 1. The molecule has 4 nitrogen and oxygen atoms in total. The maximum Gasteiger partial charge on any atom is 0.335 e. The van der Waals surface area contributed by atoms with Gasteiger partial charge in [-0.3, -0.25) is 4.79 Å². The van der Waals surface area contributed by atoms with Gasteiger partial charge in [-0.05, 0) is 24.3 Å². The second-order valence-electron chi connectivity index (χ2n) is 3.34. The molecule has 1 aromatic rings. The van der Waals surface area contributed by atoms with Crippen LogP contribution in [0.1, 0.15) is 20.7 Å². The highest BCUT2D eigenvalue weighted by molar-refractivity contribution is 5.97. The van der Waals surface area contributed by atoms with Gasteiger partial charge in [-0.15, -0.1) is 0 Å². The number of carboxylic acids is 1. The molecule has 0 aromatic heterocycles. The minimum Gasteiger partial charge on any atom is -0.478 e. The van der Waals surface area contributed by atoms with Crippen LogP contribution in [0.3, 0.4) is 0 Å². The summed E-state index contributed by atoms with van der Waals surface area (Å²) in [6.45, 7) is 3.50. The Bertz CT molecular complexity index is 516. The third-order valence-electron chi connectivity index (χ3n) is 2.04. The third kappa shape index (κ3) is 4.09. The van der Waals surface area contributed by atoms with E-state index in [2.05, 4.69) is 11.9 Å². The first-order chi connectivity index (χ1) is 8.65. The number of aromatic carboxylic acids is 1. The topological polar surface area (TPSA) is 66.4 Å². The zero-order valence-electron chi connectivity index (χ0n) is 9.67. The van der Waals surface area contributed by atoms with Gasteiger partial charge in [0.25, 0.3) is 5.91 Å². The quantitative estimate of drug-likeness (QED) is 0.780. The van der Waals surface area contributed by atoms with Crippen LogP contribution in [0, 0.1) is 0 Å². The predicted molar refractivity (Wildman–Crippen MR) is 69.3 cm³/mol. The lowest BCUT2D eigenvalue weighted by Crippen LogP contribution is -2.17. The minimum atomic E-state index is -1.06. The molecule has 0 radical (unpaired) electrons. The number of hydrogen-bond acceptors (Lipinski definition) is 2. The molecule has 0 atom stereocenters. The van der Waals surface area contributed by atoms with Gasteiger partial charge in [0, 0.05) is 11.8 Å². The fraction of sp³-hybridized carbons (Fsp3) is 0. The normalized spacial score (nSPS) is 10.7. The van der Waals surface area contributed by atoms with E-state index >= 15 is 0 Å². The van der Waals surface area contributed by atoms with Crippen LogP contribution in [0.25, 0.3) is 0 Å². The maximum absolute atomic E-state index is 11.7. The van der Waals surface area contributed by atoms with Gasteiger partial charge in [-0.2, -0.15) is 0 Å². The van der Waals surface area contributed by atoms with Gasteiger partial charge in [0.05, 0.1) is 5.56 Å². The molecule has 1 aromatic carbocycles. The van der Waals surface area contributed by atoms with E-state index in [1.54, 1.807) is 30.4 Å². The van der Waals surface area contributed by atoms with Gasteiger partial charge in [-0.25, -0.2) is 4.79 Å². The summed E-state index contributed by atoms with van der Waals surface area (Å²) in [7, 11) is 0. The van der Waals surface area contributed by atoms with E-state index in [4.69, 9.17) is 5.11 Å². The number of hydrogen-bond donors (Lipinski definition) is 2. The Morgan fingerprint density at radius 3 is 2.56 bits per heavy atom. The highest BCUT2D eigenvalue weighted by atomic mass is 16.4. The molecule has 0 unspecified atom stereocenters. The fourth-order valence-corrected chi connectivity index (χ4v) is 1.20. The molecule has 4 heteroatoms. The van der Waals surface area contributed by atoms with E-state index in [1.165, 1.54) is 24.4 Å². The third-order valence-corrected chi connectivity index (χ3v) is 2.04. The lowest BCUT2D eigenvalue weighted by atomic mass is 10.1. The predicted octanol–water partition coefficient (Wildman–Crippen LogP) is 2.37. The molecule has 0 saturated carbocycles. The number of amides is 1. The Morgan fingerprint density at radius 2 is 1.89 bits per heavy atom. The molecule has 0 aliphatic heterocycles. The summed E-state index contributed by atoms with van der Waals surface area (Å²) < 4.78 is 0. The lowest BCUT2D eigenvalue weighted by molar-refractivity contribution is 0.0697. The summed E-state index contributed by atoms with van der Waals surface area (Å²) in [4.78, 5) is 22.4. The first-order valence-corrected chi connectivity index (χ1v) is 5.23. The number of benzene rings is 1. The zero-order valence-corrected chi connectivity index (χ0v) is 9.67. The van der Waals surface area contributed by atoms with E-state index < -0.39 is 5.97 Å². The molecule has 0 heterocycles. The van der Waals surface area contributed by atoms with Crippen LogP contribution in [-0.4, -0.2) is 17.0 Å². The Balaban J connectivity index is 2.69. The van der Waals surface area contributed by atoms with Crippen molar-refractivity contribution in [3.63, 3.8) is 0 Å². The van der Waals surface area contributed by atoms with Crippen LogP contribution in [-0.2, 0) is 0 Å². The maximum atomic E-state index is 11.7. The van der Waals surface area contributed by atoms with Crippen molar-refractivity contribution in [3.8, 4) is 0 Å². The van der Waals surface area contributed by atoms with Gasteiger partial charge in [0.15, 0.2) is 0 Å². The Kier molecular flexibility index (Phi) is 5.12. The van der Waals surface area contributed by atoms with Crippen molar-refractivity contribution < 1.29 is 14.7 Å². The van der Waals surface area contributed by atoms with Crippen molar-refractivity contribution in [2.75, 3.05) is 0 Å². The van der Waals surface area contributed by atoms with Gasteiger partial charge in [0.2, 0.25) is 0 Å². The van der Waals surface area contributed by atoms with E-state index in [-0.39, 0.29) is 11.5 Å². The lowest BCUT2D eigenvalue weighted by Gasteiger charge is -2.01. The summed E-state index contributed by atoms with van der Waals surface area (Å²) in [5.41, 5.74) is 0.380. The van der Waals surface area contributed by atoms with E-state index in [0.717, 1.165) is 0 Å². The van der Waals surface area contributed by atoms with Crippen molar-refractivity contribution in [2.45, 2.75) is 0 Å². The Labute approximate surface area is 105 Å². The number of allylic oxidation sites excluding steroid dienone is 4. The molecule has 0 spiro atoms. The standard InChI is InChI=1S/C14H13NO3/c1-2-3-4-5-9-15-13(16)11-7-6-8-12(10-11)14(17)18/h2-10H,1H2,(H,15,16)(H,17,18)/b4-3+,9-5+. The molecule has 0 aliphatic carbocycles. The Morgan fingerprint density at radius 1 is 1.17 bits per heavy atom. The smallest absolute Gasteiger partial charge is 0.335 e. The fourth-order valence-electron chi connectivity index (χ4n) is 1.20. The molecule has 92 valence electrons. The van der Waals surface area contributed by atoms with Crippen molar-refractivity contribution in [2.24, 2.45) is 0 Å². The largest absolute Gasteiger partial charge is 0.478 e. The molecule has 18 heavy (non-hydrogen) atoms. The summed E-state index contributed by atoms with van der Waals surface area (Å²) in [6, 6.07) is 5.84. The highest BCUT2D eigenvalue weighted by Crippen LogP contribution is 2.05. The average Bonchev–Trinajstić information content (AvgIpc) is 2.38. The molecule has 0 bridgehead atoms. The van der Waals surface area contributed by atoms with E-state index in [0.29, 0.717) is 5.56 Å². The van der Waals surface area contributed by atoms with E-state index in [1.807, 2.05) is 0 Å². The van der Waals surface area contributed by atoms with Crippen molar-refractivity contribution in [3.05, 3.63) is 72.5 Å². The average molecular weight is 243 g/mol. The van der Waals surface area contributed by atoms with Crippen LogP contribution >= 0.6 is 0 Å². The number of rotatable bonds is 5. The van der Waals surface area contributed by atoms with Gasteiger partial charge in [0.1, 0.15) is 0 Å². The molecule has 0 aliphatic rings. The molecule has 1 rings (SSSR count). The highest BCUT2D eigenvalue weighted by Gasteiger charge is 2.07. The SMILES string of the molecule is C=C/C=C/C=C/NC(=O)c1cccc(C(=O)O)c1. The van der Waals surface area contributed by atoms with Crippen molar-refractivity contribution in [1.29, 1.82) is 0 Å². The van der Waals surface area contributed by atoms with Gasteiger partial charge in [-0.1, -0.05) is 30.9 Å². The van der Waals surface area contributed by atoms with Crippen molar-refractivity contribution in [1.82, 2.24) is 5.32 Å². The van der Waals surface area contributed by atoms with Crippen molar-refractivity contribution >= 4 is 11.9 Å². The molecule has 0 fully saturated rings. The first-order valence-electron chi connectivity index (χ1n) is 5.23. The monoisotopic (exact) mass is 243 g/mol. The van der Waals surface area contributed by atoms with Crippen LogP contribution in [0.5, 0.6) is 0 Å². The number of nitrogens with one attached hydrogen (secondary N) is 1. The number of carbonyl (C=O) groups is 2. The molecular weight excluding hydrogens is 230 g/mol. The minimum absolute atomic E-state index is 0.0817. The summed E-state index contributed by atoms with van der Waals surface area (Å²) >= 11 is 0. The van der Waals surface area contributed by atoms with Gasteiger partial charge >= 0.3 is 5.97 Å². The summed E-state index contributed by atoms with van der Waals surface area (Å²) in [5, 5.41) is 11.3. The Hall–Kier alpha value is -2.62. The van der Waals surface area contributed by atoms with Crippen LogP contribution in [0.4, 0.5) is 0 Å². The molecule has 0 saturated heterocycles. The van der Waals surface area contributed by atoms with E-state index in [9.17, 15) is 9.59 Å². The van der Waals surface area contributed by atoms with Crippen LogP contribution < -0.4 is 5.32 Å². The first kappa shape index (κ1) is 13.4. The second-order valence-corrected chi connectivity index (χ2v) is 3.34. The molecular formula is C14H13NO3. The summed E-state index contributed by atoms with van der Waals surface area (Å²) in [5.74, 6) is -1.42. The van der Waals surface area contributed by atoms with Crippen LogP contribution in [0.2, 0.25) is 0 Å². The molecule has 2 N–H and O–H groups in total. The molecule has 1 amide bonds. The second kappa shape index (κ2) is 6.85. The number of carbonyl (C=O) groups excluding carboxylic acids is 1. The zero-order chi connectivity index (χ0) is 13.4.